The zero-order chi connectivity index (χ0) is 16.2. The number of hydrogen-bond donors (Lipinski definition) is 1. The molecule has 0 aliphatic carbocycles. The number of imidazole rings is 1. The number of benzene rings is 1. The number of halogens is 1. The molecule has 1 aromatic carbocycles. The van der Waals surface area contributed by atoms with E-state index < -0.39 is 6.10 Å². The smallest absolute Gasteiger partial charge is 0.129 e. The zero-order valence-corrected chi connectivity index (χ0v) is 13.5. The molecule has 5 heteroatoms. The predicted octanol–water partition coefficient (Wildman–Crippen LogP) is 2.55. The first-order chi connectivity index (χ1) is 11.1. The molecule has 3 rings (SSSR count). The number of piperidine rings is 1. The van der Waals surface area contributed by atoms with Crippen molar-refractivity contribution in [1.82, 2.24) is 14.5 Å². The van der Waals surface area contributed by atoms with Crippen molar-refractivity contribution in [2.75, 3.05) is 19.6 Å². The molecular formula is C18H24FN3O. The fourth-order valence-electron chi connectivity index (χ4n) is 3.42. The number of rotatable bonds is 5. The summed E-state index contributed by atoms with van der Waals surface area (Å²) >= 11 is 0. The third kappa shape index (κ3) is 3.98. The third-order valence-corrected chi connectivity index (χ3v) is 4.69. The Morgan fingerprint density at radius 3 is 2.96 bits per heavy atom. The lowest BCUT2D eigenvalue weighted by molar-refractivity contribution is 0.0818. The van der Waals surface area contributed by atoms with E-state index >= 15 is 0 Å². The second-order valence-corrected chi connectivity index (χ2v) is 6.46. The van der Waals surface area contributed by atoms with E-state index in [0.29, 0.717) is 18.0 Å². The Hall–Kier alpha value is -1.72. The summed E-state index contributed by atoms with van der Waals surface area (Å²) in [6, 6.07) is 6.48. The standard InChI is InChI=1S/C18H24FN3O/c1-21-10-8-20-18(21)11-14-5-4-9-22(12-14)13-17(23)15-6-2-3-7-16(15)19/h2-3,6-8,10,14,17,23H,4-5,9,11-13H2,1H3. The van der Waals surface area contributed by atoms with Gasteiger partial charge in [0.15, 0.2) is 0 Å². The molecule has 0 spiro atoms. The van der Waals surface area contributed by atoms with E-state index in [9.17, 15) is 9.50 Å². The highest BCUT2D eigenvalue weighted by atomic mass is 19.1. The number of aromatic nitrogens is 2. The average molecular weight is 317 g/mol. The number of likely N-dealkylation sites (tertiary alicyclic amines) is 1. The number of aryl methyl sites for hydroxylation is 1. The predicted molar refractivity (Wildman–Crippen MR) is 87.4 cm³/mol. The summed E-state index contributed by atoms with van der Waals surface area (Å²) in [4.78, 5) is 6.64. The Balaban J connectivity index is 1.58. The van der Waals surface area contributed by atoms with E-state index in [1.807, 2.05) is 19.4 Å². The van der Waals surface area contributed by atoms with Crippen LogP contribution < -0.4 is 0 Å². The molecule has 1 saturated heterocycles. The summed E-state index contributed by atoms with van der Waals surface area (Å²) in [6.45, 7) is 2.37. The Kier molecular flexibility index (Phi) is 5.08. The van der Waals surface area contributed by atoms with E-state index in [1.165, 1.54) is 12.5 Å². The van der Waals surface area contributed by atoms with Gasteiger partial charge in [0.1, 0.15) is 11.6 Å². The molecule has 1 aliphatic heterocycles. The van der Waals surface area contributed by atoms with Gasteiger partial charge in [-0.3, -0.25) is 0 Å². The van der Waals surface area contributed by atoms with E-state index in [2.05, 4.69) is 14.5 Å². The van der Waals surface area contributed by atoms with Crippen LogP contribution in [0.2, 0.25) is 0 Å². The Labute approximate surface area is 136 Å². The summed E-state index contributed by atoms with van der Waals surface area (Å²) in [6.07, 6.45) is 6.27. The van der Waals surface area contributed by atoms with Crippen LogP contribution >= 0.6 is 0 Å². The normalized spacial score (nSPS) is 20.6. The summed E-state index contributed by atoms with van der Waals surface area (Å²) in [5, 5.41) is 10.3. The zero-order valence-electron chi connectivity index (χ0n) is 13.5. The maximum Gasteiger partial charge on any atom is 0.129 e. The summed E-state index contributed by atoms with van der Waals surface area (Å²) < 4.78 is 15.8. The first-order valence-corrected chi connectivity index (χ1v) is 8.24. The lowest BCUT2D eigenvalue weighted by Crippen LogP contribution is -2.39. The quantitative estimate of drug-likeness (QED) is 0.921. The maximum atomic E-state index is 13.8. The van der Waals surface area contributed by atoms with Crippen LogP contribution in [0.5, 0.6) is 0 Å². The SMILES string of the molecule is Cn1ccnc1CC1CCCN(CC(O)c2ccccc2F)C1. The molecule has 1 aliphatic rings. The van der Waals surface area contributed by atoms with E-state index in [-0.39, 0.29) is 5.82 Å². The van der Waals surface area contributed by atoms with Crippen LogP contribution in [0.25, 0.3) is 0 Å². The minimum atomic E-state index is -0.775. The van der Waals surface area contributed by atoms with Crippen molar-refractivity contribution in [2.24, 2.45) is 13.0 Å². The molecule has 4 nitrogen and oxygen atoms in total. The number of aliphatic hydroxyl groups is 1. The molecule has 1 fully saturated rings. The van der Waals surface area contributed by atoms with Crippen molar-refractivity contribution in [3.63, 3.8) is 0 Å². The highest BCUT2D eigenvalue weighted by molar-refractivity contribution is 5.20. The van der Waals surface area contributed by atoms with Gasteiger partial charge in [0, 0.05) is 44.5 Å². The molecule has 0 bridgehead atoms. The average Bonchev–Trinajstić information content (AvgIpc) is 2.93. The van der Waals surface area contributed by atoms with Crippen LogP contribution in [0.15, 0.2) is 36.7 Å². The molecule has 124 valence electrons. The van der Waals surface area contributed by atoms with Crippen LogP contribution in [0.3, 0.4) is 0 Å². The first-order valence-electron chi connectivity index (χ1n) is 8.24. The van der Waals surface area contributed by atoms with Gasteiger partial charge in [-0.1, -0.05) is 18.2 Å². The Morgan fingerprint density at radius 2 is 2.22 bits per heavy atom. The van der Waals surface area contributed by atoms with Crippen LogP contribution in [0, 0.1) is 11.7 Å². The van der Waals surface area contributed by atoms with Crippen molar-refractivity contribution in [3.05, 3.63) is 53.9 Å². The largest absolute Gasteiger partial charge is 0.387 e. The fourth-order valence-corrected chi connectivity index (χ4v) is 3.42. The van der Waals surface area contributed by atoms with Crippen molar-refractivity contribution in [1.29, 1.82) is 0 Å². The summed E-state index contributed by atoms with van der Waals surface area (Å²) in [5.74, 6) is 1.31. The lowest BCUT2D eigenvalue weighted by atomic mass is 9.94. The minimum Gasteiger partial charge on any atom is -0.387 e. The third-order valence-electron chi connectivity index (χ3n) is 4.69. The summed E-state index contributed by atoms with van der Waals surface area (Å²) in [5.41, 5.74) is 0.388. The molecule has 0 amide bonds. The van der Waals surface area contributed by atoms with Crippen LogP contribution in [-0.2, 0) is 13.5 Å². The van der Waals surface area contributed by atoms with Gasteiger partial charge in [-0.2, -0.15) is 0 Å². The van der Waals surface area contributed by atoms with Gasteiger partial charge in [0.2, 0.25) is 0 Å². The second kappa shape index (κ2) is 7.23. The molecule has 2 aromatic rings. The number of β-amino-alcohol motifs (C(OH)–C–C–N with tert-alkyl or cyclic N) is 1. The Morgan fingerprint density at radius 1 is 1.39 bits per heavy atom. The number of hydrogen-bond acceptors (Lipinski definition) is 3. The molecule has 1 aromatic heterocycles. The van der Waals surface area contributed by atoms with Gasteiger partial charge < -0.3 is 14.6 Å². The van der Waals surface area contributed by atoms with Gasteiger partial charge in [-0.15, -0.1) is 0 Å². The molecule has 0 saturated carbocycles. The monoisotopic (exact) mass is 317 g/mol. The van der Waals surface area contributed by atoms with E-state index in [4.69, 9.17) is 0 Å². The van der Waals surface area contributed by atoms with E-state index in [1.54, 1.807) is 18.2 Å². The molecule has 2 heterocycles. The van der Waals surface area contributed by atoms with Crippen molar-refractivity contribution < 1.29 is 9.50 Å². The van der Waals surface area contributed by atoms with Gasteiger partial charge in [0.25, 0.3) is 0 Å². The summed E-state index contributed by atoms with van der Waals surface area (Å²) in [7, 11) is 2.02. The molecule has 2 unspecified atom stereocenters. The van der Waals surface area contributed by atoms with Crippen LogP contribution in [-0.4, -0.2) is 39.2 Å². The minimum absolute atomic E-state index is 0.332. The van der Waals surface area contributed by atoms with Gasteiger partial charge in [-0.25, -0.2) is 9.37 Å². The Bertz CT molecular complexity index is 643. The van der Waals surface area contributed by atoms with Gasteiger partial charge >= 0.3 is 0 Å². The van der Waals surface area contributed by atoms with Crippen LogP contribution in [0.4, 0.5) is 4.39 Å². The van der Waals surface area contributed by atoms with Gasteiger partial charge in [-0.05, 0) is 31.4 Å². The highest BCUT2D eigenvalue weighted by Crippen LogP contribution is 2.23. The highest BCUT2D eigenvalue weighted by Gasteiger charge is 2.24. The van der Waals surface area contributed by atoms with Crippen molar-refractivity contribution >= 4 is 0 Å². The molecular weight excluding hydrogens is 293 g/mol. The molecule has 2 atom stereocenters. The van der Waals surface area contributed by atoms with Gasteiger partial charge in [0.05, 0.1) is 6.10 Å². The van der Waals surface area contributed by atoms with Crippen molar-refractivity contribution in [2.45, 2.75) is 25.4 Å². The molecule has 1 N–H and O–H groups in total. The number of aliphatic hydroxyl groups excluding tert-OH is 1. The second-order valence-electron chi connectivity index (χ2n) is 6.46. The maximum absolute atomic E-state index is 13.8. The van der Waals surface area contributed by atoms with E-state index in [0.717, 1.165) is 31.8 Å². The first kappa shape index (κ1) is 16.1. The lowest BCUT2D eigenvalue weighted by Gasteiger charge is -2.34. The topological polar surface area (TPSA) is 41.3 Å². The molecule has 0 radical (unpaired) electrons. The molecule has 23 heavy (non-hydrogen) atoms. The number of nitrogens with zero attached hydrogens (tertiary/aromatic N) is 3. The van der Waals surface area contributed by atoms with Crippen LogP contribution in [0.1, 0.15) is 30.3 Å². The van der Waals surface area contributed by atoms with Crippen molar-refractivity contribution in [3.8, 4) is 0 Å². The fraction of sp³-hybridized carbons (Fsp3) is 0.500.